The van der Waals surface area contributed by atoms with Gasteiger partial charge in [-0.25, -0.2) is 0 Å². The molecular formula is C17H19N5O3. The third kappa shape index (κ3) is 3.52. The Morgan fingerprint density at radius 1 is 1.24 bits per heavy atom. The molecule has 0 aliphatic rings. The van der Waals surface area contributed by atoms with Crippen LogP contribution >= 0.6 is 0 Å². The Bertz CT molecular complexity index is 880. The van der Waals surface area contributed by atoms with E-state index in [0.29, 0.717) is 11.6 Å². The molecule has 0 radical (unpaired) electrons. The number of hydrogen-bond donors (Lipinski definition) is 1. The van der Waals surface area contributed by atoms with Crippen molar-refractivity contribution in [1.82, 2.24) is 20.0 Å². The van der Waals surface area contributed by atoms with Crippen LogP contribution in [0.5, 0.6) is 5.75 Å². The number of anilines is 1. The Kier molecular flexibility index (Phi) is 4.51. The normalized spacial score (nSPS) is 10.9. The Labute approximate surface area is 144 Å². The van der Waals surface area contributed by atoms with Crippen molar-refractivity contribution >= 4 is 11.9 Å². The van der Waals surface area contributed by atoms with Gasteiger partial charge in [0.15, 0.2) is 0 Å². The number of aryl methyl sites for hydroxylation is 1. The number of ether oxygens (including phenoxy) is 1. The molecule has 0 fully saturated rings. The van der Waals surface area contributed by atoms with Crippen LogP contribution in [0.1, 0.15) is 36.1 Å². The first-order chi connectivity index (χ1) is 12.0. The molecule has 0 bridgehead atoms. The Balaban J connectivity index is 1.78. The monoisotopic (exact) mass is 341 g/mol. The molecule has 2 heterocycles. The van der Waals surface area contributed by atoms with Gasteiger partial charge >= 0.3 is 6.01 Å². The van der Waals surface area contributed by atoms with E-state index in [9.17, 15) is 4.79 Å². The summed E-state index contributed by atoms with van der Waals surface area (Å²) in [7, 11) is 1.60. The topological polar surface area (TPSA) is 95.1 Å². The molecule has 3 rings (SSSR count). The zero-order valence-electron chi connectivity index (χ0n) is 14.5. The summed E-state index contributed by atoms with van der Waals surface area (Å²) in [6, 6.07) is 9.00. The fourth-order valence-electron chi connectivity index (χ4n) is 2.37. The summed E-state index contributed by atoms with van der Waals surface area (Å²) in [5.41, 5.74) is 1.94. The molecule has 1 amide bonds. The number of aromatic nitrogens is 4. The summed E-state index contributed by atoms with van der Waals surface area (Å²) in [5, 5.41) is 14.8. The van der Waals surface area contributed by atoms with E-state index in [4.69, 9.17) is 9.15 Å². The van der Waals surface area contributed by atoms with Crippen LogP contribution < -0.4 is 10.1 Å². The van der Waals surface area contributed by atoms with Crippen molar-refractivity contribution in [1.29, 1.82) is 0 Å². The summed E-state index contributed by atoms with van der Waals surface area (Å²) in [6.45, 7) is 5.75. The highest BCUT2D eigenvalue weighted by Gasteiger charge is 2.18. The van der Waals surface area contributed by atoms with Gasteiger partial charge in [0, 0.05) is 11.6 Å². The van der Waals surface area contributed by atoms with E-state index in [1.165, 1.54) is 0 Å². The highest BCUT2D eigenvalue weighted by molar-refractivity contribution is 6.02. The Hall–Kier alpha value is -3.16. The van der Waals surface area contributed by atoms with Gasteiger partial charge in [-0.05, 0) is 51.1 Å². The molecular weight excluding hydrogens is 322 g/mol. The average Bonchev–Trinajstić information content (AvgIpc) is 3.21. The zero-order chi connectivity index (χ0) is 18.0. The molecule has 0 aliphatic carbocycles. The van der Waals surface area contributed by atoms with E-state index in [2.05, 4.69) is 20.6 Å². The van der Waals surface area contributed by atoms with Crippen LogP contribution in [0, 0.1) is 6.92 Å². The summed E-state index contributed by atoms with van der Waals surface area (Å²) < 4.78 is 12.3. The van der Waals surface area contributed by atoms with E-state index in [0.717, 1.165) is 17.0 Å². The summed E-state index contributed by atoms with van der Waals surface area (Å²) >= 11 is 0. The highest BCUT2D eigenvalue weighted by Crippen LogP contribution is 2.23. The van der Waals surface area contributed by atoms with Gasteiger partial charge in [-0.3, -0.25) is 14.8 Å². The van der Waals surface area contributed by atoms with Crippen LogP contribution in [0.2, 0.25) is 0 Å². The number of benzene rings is 1. The maximum absolute atomic E-state index is 12.5. The lowest BCUT2D eigenvalue weighted by molar-refractivity contribution is 0.101. The van der Waals surface area contributed by atoms with Gasteiger partial charge in [-0.2, -0.15) is 5.10 Å². The number of hydrogen-bond acceptors (Lipinski definition) is 6. The van der Waals surface area contributed by atoms with E-state index >= 15 is 0 Å². The maximum atomic E-state index is 12.5. The van der Waals surface area contributed by atoms with Crippen molar-refractivity contribution in [3.05, 3.63) is 41.7 Å². The standard InChI is InChI=1S/C17H19N5O3/c1-10(2)22-14(9-11(3)21-22)15(23)18-17-20-19-16(25-17)12-5-7-13(24-4)8-6-12/h5-10H,1-4H3,(H,18,20,23). The molecule has 0 unspecified atom stereocenters. The number of nitrogens with one attached hydrogen (secondary N) is 1. The summed E-state index contributed by atoms with van der Waals surface area (Å²) in [5.74, 6) is 0.694. The van der Waals surface area contributed by atoms with Crippen molar-refractivity contribution in [3.8, 4) is 17.2 Å². The first-order valence-corrected chi connectivity index (χ1v) is 7.83. The van der Waals surface area contributed by atoms with Crippen molar-refractivity contribution in [3.63, 3.8) is 0 Å². The first-order valence-electron chi connectivity index (χ1n) is 7.83. The molecule has 0 spiro atoms. The van der Waals surface area contributed by atoms with Gasteiger partial charge in [0.1, 0.15) is 11.4 Å². The second kappa shape index (κ2) is 6.76. The fraction of sp³-hybridized carbons (Fsp3) is 0.294. The number of rotatable bonds is 5. The Morgan fingerprint density at radius 2 is 1.96 bits per heavy atom. The number of carbonyl (C=O) groups excluding carboxylic acids is 1. The summed E-state index contributed by atoms with van der Waals surface area (Å²) in [4.78, 5) is 12.5. The van der Waals surface area contributed by atoms with Gasteiger partial charge in [0.2, 0.25) is 5.89 Å². The lowest BCUT2D eigenvalue weighted by atomic mass is 10.2. The lowest BCUT2D eigenvalue weighted by Gasteiger charge is -2.09. The van der Waals surface area contributed by atoms with Crippen LogP contribution in [-0.2, 0) is 0 Å². The summed E-state index contributed by atoms with van der Waals surface area (Å²) in [6.07, 6.45) is 0. The fourth-order valence-corrected chi connectivity index (χ4v) is 2.37. The van der Waals surface area contributed by atoms with E-state index in [1.807, 2.05) is 20.8 Å². The maximum Gasteiger partial charge on any atom is 0.322 e. The van der Waals surface area contributed by atoms with E-state index in [1.54, 1.807) is 42.1 Å². The average molecular weight is 341 g/mol. The minimum absolute atomic E-state index is 0.0324. The molecule has 8 heteroatoms. The van der Waals surface area contributed by atoms with Crippen LogP contribution in [0.4, 0.5) is 6.01 Å². The van der Waals surface area contributed by atoms with Crippen molar-refractivity contribution in [2.45, 2.75) is 26.8 Å². The third-order valence-electron chi connectivity index (χ3n) is 3.56. The third-order valence-corrected chi connectivity index (χ3v) is 3.56. The second-order valence-corrected chi connectivity index (χ2v) is 5.80. The van der Waals surface area contributed by atoms with E-state index < -0.39 is 0 Å². The molecule has 130 valence electrons. The largest absolute Gasteiger partial charge is 0.497 e. The number of amides is 1. The van der Waals surface area contributed by atoms with Gasteiger partial charge in [0.05, 0.1) is 12.8 Å². The van der Waals surface area contributed by atoms with Crippen molar-refractivity contribution < 1.29 is 13.9 Å². The number of carbonyl (C=O) groups is 1. The van der Waals surface area contributed by atoms with Gasteiger partial charge in [-0.15, -0.1) is 5.10 Å². The van der Waals surface area contributed by atoms with Crippen molar-refractivity contribution in [2.75, 3.05) is 12.4 Å². The molecule has 0 saturated heterocycles. The molecule has 3 aromatic rings. The lowest BCUT2D eigenvalue weighted by Crippen LogP contribution is -2.19. The van der Waals surface area contributed by atoms with E-state index in [-0.39, 0.29) is 18.0 Å². The highest BCUT2D eigenvalue weighted by atomic mass is 16.5. The quantitative estimate of drug-likeness (QED) is 0.766. The minimum Gasteiger partial charge on any atom is -0.497 e. The predicted molar refractivity (Wildman–Crippen MR) is 91.6 cm³/mol. The minimum atomic E-state index is -0.348. The van der Waals surface area contributed by atoms with Crippen LogP contribution in [-0.4, -0.2) is 33.0 Å². The molecule has 1 aromatic carbocycles. The van der Waals surface area contributed by atoms with Gasteiger partial charge in [-0.1, -0.05) is 5.10 Å². The molecule has 25 heavy (non-hydrogen) atoms. The number of nitrogens with zero attached hydrogens (tertiary/aromatic N) is 4. The second-order valence-electron chi connectivity index (χ2n) is 5.80. The smallest absolute Gasteiger partial charge is 0.322 e. The molecule has 0 aliphatic heterocycles. The number of methoxy groups -OCH3 is 1. The zero-order valence-corrected chi connectivity index (χ0v) is 14.5. The predicted octanol–water partition coefficient (Wildman–Crippen LogP) is 3.08. The first kappa shape index (κ1) is 16.7. The molecule has 1 N–H and O–H groups in total. The SMILES string of the molecule is COc1ccc(-c2nnc(NC(=O)c3cc(C)nn3C(C)C)o2)cc1. The molecule has 0 saturated carbocycles. The van der Waals surface area contributed by atoms with Gasteiger partial charge < -0.3 is 9.15 Å². The molecule has 2 aromatic heterocycles. The van der Waals surface area contributed by atoms with Gasteiger partial charge in [0.25, 0.3) is 5.91 Å². The van der Waals surface area contributed by atoms with Crippen LogP contribution in [0.25, 0.3) is 11.5 Å². The van der Waals surface area contributed by atoms with Crippen LogP contribution in [0.15, 0.2) is 34.7 Å². The molecule has 8 nitrogen and oxygen atoms in total. The van der Waals surface area contributed by atoms with Crippen LogP contribution in [0.3, 0.4) is 0 Å². The molecule has 0 atom stereocenters. The Morgan fingerprint density at radius 3 is 2.60 bits per heavy atom. The van der Waals surface area contributed by atoms with Crippen molar-refractivity contribution in [2.24, 2.45) is 0 Å².